The first kappa shape index (κ1) is 35.1. The molecular formula is C43H45N5O3. The summed E-state index contributed by atoms with van der Waals surface area (Å²) in [4.78, 5) is 40.8. The summed E-state index contributed by atoms with van der Waals surface area (Å²) >= 11 is 0. The Bertz CT molecular complexity index is 2120. The minimum Gasteiger partial charge on any atom is -0.494 e. The number of anilines is 2. The van der Waals surface area contributed by atoms with E-state index in [9.17, 15) is 9.59 Å². The molecule has 51 heavy (non-hydrogen) atoms. The predicted molar refractivity (Wildman–Crippen MR) is 207 cm³/mol. The first-order chi connectivity index (χ1) is 24.8. The van der Waals surface area contributed by atoms with Crippen molar-refractivity contribution in [1.82, 2.24) is 15.0 Å². The van der Waals surface area contributed by atoms with Crippen molar-refractivity contribution in [3.8, 4) is 16.9 Å². The Morgan fingerprint density at radius 2 is 1.55 bits per heavy atom. The molecule has 8 heteroatoms. The molecule has 6 aromatic rings. The maximum absolute atomic E-state index is 14.4. The number of urea groups is 1. The van der Waals surface area contributed by atoms with E-state index >= 15 is 0 Å². The molecule has 0 radical (unpaired) electrons. The second kappa shape index (κ2) is 16.3. The second-order valence-corrected chi connectivity index (χ2v) is 13.4. The largest absolute Gasteiger partial charge is 0.494 e. The number of amides is 2. The van der Waals surface area contributed by atoms with Crippen LogP contribution in [0.3, 0.4) is 0 Å². The van der Waals surface area contributed by atoms with Gasteiger partial charge in [-0.05, 0) is 113 Å². The molecule has 6 rings (SSSR count). The molecule has 0 aliphatic carbocycles. The number of aromatic amines is 1. The number of hydrogen-bond acceptors (Lipinski definition) is 5. The SMILES string of the molecule is CC(C)c1cc(-c2cccc(OCCCc3cccnc3)c2)cc(C(C)C)c1NC(=O)N(CCc1ccccc1)c1cc2cccnc2[nH]c1=O. The molecule has 2 N–H and O–H groups in total. The number of ether oxygens (including phenoxy) is 1. The Labute approximate surface area is 299 Å². The van der Waals surface area contributed by atoms with Crippen LogP contribution in [-0.2, 0) is 12.8 Å². The second-order valence-electron chi connectivity index (χ2n) is 13.4. The number of carbonyl (C=O) groups is 1. The minimum atomic E-state index is -0.368. The topological polar surface area (TPSA) is 100 Å². The van der Waals surface area contributed by atoms with Crippen molar-refractivity contribution in [2.24, 2.45) is 0 Å². The number of pyridine rings is 3. The molecule has 0 aliphatic heterocycles. The zero-order chi connectivity index (χ0) is 35.7. The third kappa shape index (κ3) is 8.70. The summed E-state index contributed by atoms with van der Waals surface area (Å²) < 4.78 is 6.17. The van der Waals surface area contributed by atoms with Crippen LogP contribution in [0.25, 0.3) is 22.2 Å². The number of nitrogens with zero attached hydrogens (tertiary/aromatic N) is 3. The van der Waals surface area contributed by atoms with Gasteiger partial charge in [-0.1, -0.05) is 76.2 Å². The van der Waals surface area contributed by atoms with E-state index in [0.29, 0.717) is 25.2 Å². The van der Waals surface area contributed by atoms with Crippen LogP contribution in [0.1, 0.15) is 68.2 Å². The molecule has 8 nitrogen and oxygen atoms in total. The molecule has 0 bridgehead atoms. The lowest BCUT2D eigenvalue weighted by atomic mass is 9.88. The van der Waals surface area contributed by atoms with Gasteiger partial charge in [-0.3, -0.25) is 14.7 Å². The van der Waals surface area contributed by atoms with E-state index in [-0.39, 0.29) is 29.1 Å². The zero-order valence-electron chi connectivity index (χ0n) is 29.7. The lowest BCUT2D eigenvalue weighted by Crippen LogP contribution is -2.40. The van der Waals surface area contributed by atoms with E-state index in [0.717, 1.165) is 57.5 Å². The number of nitrogens with one attached hydrogen (secondary N) is 2. The van der Waals surface area contributed by atoms with Crippen molar-refractivity contribution in [3.05, 3.63) is 148 Å². The van der Waals surface area contributed by atoms with Crippen LogP contribution < -0.4 is 20.5 Å². The molecular weight excluding hydrogens is 635 g/mol. The van der Waals surface area contributed by atoms with Gasteiger partial charge in [0.1, 0.15) is 17.1 Å². The number of benzene rings is 3. The average Bonchev–Trinajstić information content (AvgIpc) is 3.14. The normalized spacial score (nSPS) is 11.3. The number of aromatic nitrogens is 3. The zero-order valence-corrected chi connectivity index (χ0v) is 29.7. The van der Waals surface area contributed by atoms with Crippen LogP contribution in [0, 0.1) is 0 Å². The molecule has 3 aromatic carbocycles. The van der Waals surface area contributed by atoms with E-state index in [1.165, 1.54) is 5.56 Å². The summed E-state index contributed by atoms with van der Waals surface area (Å²) in [5.74, 6) is 1.04. The Morgan fingerprint density at radius 1 is 0.804 bits per heavy atom. The summed E-state index contributed by atoms with van der Waals surface area (Å²) in [6.45, 7) is 9.45. The Balaban J connectivity index is 1.30. The Hall–Kier alpha value is -5.76. The van der Waals surface area contributed by atoms with Gasteiger partial charge in [0.05, 0.1) is 6.61 Å². The molecule has 0 saturated carbocycles. The first-order valence-electron chi connectivity index (χ1n) is 17.7. The molecule has 0 fully saturated rings. The number of fused-ring (bicyclic) bond motifs is 1. The summed E-state index contributed by atoms with van der Waals surface area (Å²) in [6.07, 6.45) is 7.70. The maximum atomic E-state index is 14.4. The third-order valence-corrected chi connectivity index (χ3v) is 9.04. The Morgan fingerprint density at radius 3 is 2.27 bits per heavy atom. The number of aryl methyl sites for hydroxylation is 1. The van der Waals surface area contributed by atoms with Crippen molar-refractivity contribution >= 4 is 28.4 Å². The van der Waals surface area contributed by atoms with Crippen molar-refractivity contribution in [2.45, 2.75) is 58.8 Å². The van der Waals surface area contributed by atoms with Gasteiger partial charge < -0.3 is 15.0 Å². The third-order valence-electron chi connectivity index (χ3n) is 9.04. The highest BCUT2D eigenvalue weighted by Crippen LogP contribution is 2.38. The van der Waals surface area contributed by atoms with E-state index in [2.05, 4.69) is 78.3 Å². The van der Waals surface area contributed by atoms with E-state index in [1.807, 2.05) is 66.9 Å². The summed E-state index contributed by atoms with van der Waals surface area (Å²) in [7, 11) is 0. The highest BCUT2D eigenvalue weighted by molar-refractivity contribution is 6.03. The number of carbonyl (C=O) groups excluding carboxylic acids is 1. The fourth-order valence-corrected chi connectivity index (χ4v) is 6.30. The number of hydrogen-bond donors (Lipinski definition) is 2. The molecule has 2 amide bonds. The molecule has 0 unspecified atom stereocenters. The van der Waals surface area contributed by atoms with Crippen LogP contribution >= 0.6 is 0 Å². The molecule has 3 aromatic heterocycles. The van der Waals surface area contributed by atoms with Crippen LogP contribution in [0.15, 0.2) is 120 Å². The molecule has 0 atom stereocenters. The molecule has 0 saturated heterocycles. The smallest absolute Gasteiger partial charge is 0.326 e. The van der Waals surface area contributed by atoms with Gasteiger partial charge in [0.15, 0.2) is 0 Å². The standard InChI is InChI=1S/C43H45N5O3/c1-29(2)37-25-35(33-16-8-18-36(24-33)51-23-11-15-32-14-9-20-44-28-32)26-38(30(3)4)40(37)46-43(50)48(22-19-31-12-6-5-7-13-31)39-27-34-17-10-21-45-41(34)47-42(39)49/h5-10,12-14,16-18,20-21,24-30H,11,15,19,22-23H2,1-4H3,(H,46,50)(H,45,47,49). The first-order valence-corrected chi connectivity index (χ1v) is 17.7. The van der Waals surface area contributed by atoms with Gasteiger partial charge in [0.25, 0.3) is 5.56 Å². The van der Waals surface area contributed by atoms with Gasteiger partial charge in [-0.2, -0.15) is 0 Å². The summed E-state index contributed by atoms with van der Waals surface area (Å²) in [6, 6.07) is 31.6. The fourth-order valence-electron chi connectivity index (χ4n) is 6.30. The van der Waals surface area contributed by atoms with Crippen molar-refractivity contribution in [3.63, 3.8) is 0 Å². The minimum absolute atomic E-state index is 0.109. The van der Waals surface area contributed by atoms with Crippen molar-refractivity contribution < 1.29 is 9.53 Å². The predicted octanol–water partition coefficient (Wildman–Crippen LogP) is 9.52. The number of rotatable bonds is 13. The van der Waals surface area contributed by atoms with Gasteiger partial charge in [0.2, 0.25) is 0 Å². The summed E-state index contributed by atoms with van der Waals surface area (Å²) in [5.41, 5.74) is 7.58. The van der Waals surface area contributed by atoms with Gasteiger partial charge in [-0.15, -0.1) is 0 Å². The van der Waals surface area contributed by atoms with Gasteiger partial charge in [0, 0.05) is 36.2 Å². The number of H-pyrrole nitrogens is 1. The monoisotopic (exact) mass is 679 g/mol. The average molecular weight is 680 g/mol. The summed E-state index contributed by atoms with van der Waals surface area (Å²) in [5, 5.41) is 4.03. The molecule has 260 valence electrons. The highest BCUT2D eigenvalue weighted by Gasteiger charge is 2.24. The molecule has 3 heterocycles. The molecule has 0 aliphatic rings. The van der Waals surface area contributed by atoms with E-state index in [1.54, 1.807) is 23.4 Å². The lowest BCUT2D eigenvalue weighted by molar-refractivity contribution is 0.257. The van der Waals surface area contributed by atoms with Crippen LogP contribution in [-0.4, -0.2) is 34.1 Å². The van der Waals surface area contributed by atoms with Crippen molar-refractivity contribution in [1.29, 1.82) is 0 Å². The van der Waals surface area contributed by atoms with Crippen LogP contribution in [0.5, 0.6) is 5.75 Å². The van der Waals surface area contributed by atoms with Crippen molar-refractivity contribution in [2.75, 3.05) is 23.4 Å². The van der Waals surface area contributed by atoms with Crippen LogP contribution in [0.2, 0.25) is 0 Å². The highest BCUT2D eigenvalue weighted by atomic mass is 16.5. The van der Waals surface area contributed by atoms with Gasteiger partial charge >= 0.3 is 6.03 Å². The lowest BCUT2D eigenvalue weighted by Gasteiger charge is -2.27. The fraction of sp³-hybridized carbons (Fsp3) is 0.256. The van der Waals surface area contributed by atoms with E-state index < -0.39 is 0 Å². The van der Waals surface area contributed by atoms with Crippen LogP contribution in [0.4, 0.5) is 16.2 Å². The van der Waals surface area contributed by atoms with Gasteiger partial charge in [-0.25, -0.2) is 9.78 Å². The molecule has 0 spiro atoms. The Kier molecular flexibility index (Phi) is 11.2. The maximum Gasteiger partial charge on any atom is 0.326 e. The van der Waals surface area contributed by atoms with E-state index in [4.69, 9.17) is 4.74 Å². The quantitative estimate of drug-likeness (QED) is 0.119.